The van der Waals surface area contributed by atoms with Gasteiger partial charge in [0, 0.05) is 6.07 Å². The van der Waals surface area contributed by atoms with E-state index in [0.717, 1.165) is 12.1 Å². The number of nitrogens with zero attached hydrogens (tertiary/aromatic N) is 2. The molecule has 20 heavy (non-hydrogen) atoms. The van der Waals surface area contributed by atoms with Gasteiger partial charge in [-0.15, -0.1) is 0 Å². The normalized spacial score (nSPS) is 10.9. The van der Waals surface area contributed by atoms with Crippen molar-refractivity contribution in [3.8, 4) is 5.69 Å². The number of rotatable bonds is 2. The predicted octanol–water partition coefficient (Wildman–Crippen LogP) is 1.67. The SMILES string of the molecule is O=C([O-])c1ccc2c(c1)ncn2-c1ccc(F)c(F)c1. The van der Waals surface area contributed by atoms with Crippen LogP contribution in [0.1, 0.15) is 10.4 Å². The molecule has 0 atom stereocenters. The van der Waals surface area contributed by atoms with Crippen molar-refractivity contribution in [3.63, 3.8) is 0 Å². The molecule has 0 amide bonds. The molecule has 6 heteroatoms. The van der Waals surface area contributed by atoms with Gasteiger partial charge in [0.25, 0.3) is 0 Å². The summed E-state index contributed by atoms with van der Waals surface area (Å²) in [5.74, 6) is -3.19. The lowest BCUT2D eigenvalue weighted by atomic mass is 10.2. The van der Waals surface area contributed by atoms with Crippen molar-refractivity contribution in [1.82, 2.24) is 9.55 Å². The van der Waals surface area contributed by atoms with Crippen LogP contribution in [0, 0.1) is 11.6 Å². The molecule has 0 radical (unpaired) electrons. The van der Waals surface area contributed by atoms with Crippen LogP contribution in [0.15, 0.2) is 42.7 Å². The summed E-state index contributed by atoms with van der Waals surface area (Å²) in [6.07, 6.45) is 1.41. The number of aromatic nitrogens is 2. The quantitative estimate of drug-likeness (QED) is 0.713. The summed E-state index contributed by atoms with van der Waals surface area (Å²) >= 11 is 0. The van der Waals surface area contributed by atoms with Crippen molar-refractivity contribution >= 4 is 17.0 Å². The van der Waals surface area contributed by atoms with Gasteiger partial charge >= 0.3 is 0 Å². The molecule has 0 saturated carbocycles. The summed E-state index contributed by atoms with van der Waals surface area (Å²) in [4.78, 5) is 14.8. The number of carbonyl (C=O) groups excluding carboxylic acids is 1. The Hall–Kier alpha value is -2.76. The third-order valence-electron chi connectivity index (χ3n) is 2.96. The molecule has 0 aliphatic carbocycles. The molecular formula is C14H7F2N2O2-. The Morgan fingerprint density at radius 3 is 2.60 bits per heavy atom. The topological polar surface area (TPSA) is 57.9 Å². The first-order valence-electron chi connectivity index (χ1n) is 5.70. The number of halogens is 2. The molecule has 2 aromatic carbocycles. The maximum atomic E-state index is 13.2. The van der Waals surface area contributed by atoms with Gasteiger partial charge < -0.3 is 9.90 Å². The van der Waals surface area contributed by atoms with Crippen LogP contribution in [0.2, 0.25) is 0 Å². The van der Waals surface area contributed by atoms with Crippen molar-refractivity contribution < 1.29 is 18.7 Å². The molecule has 0 fully saturated rings. The number of aromatic carboxylic acids is 1. The van der Waals surface area contributed by atoms with Gasteiger partial charge in [-0.25, -0.2) is 13.8 Å². The monoisotopic (exact) mass is 273 g/mol. The average molecular weight is 273 g/mol. The van der Waals surface area contributed by atoms with E-state index < -0.39 is 17.6 Å². The van der Waals surface area contributed by atoms with E-state index in [-0.39, 0.29) is 5.56 Å². The maximum absolute atomic E-state index is 13.2. The zero-order valence-corrected chi connectivity index (χ0v) is 10.0. The van der Waals surface area contributed by atoms with Gasteiger partial charge in [-0.1, -0.05) is 6.07 Å². The zero-order chi connectivity index (χ0) is 14.3. The fraction of sp³-hybridized carbons (Fsp3) is 0. The second-order valence-corrected chi connectivity index (χ2v) is 4.20. The van der Waals surface area contributed by atoms with Crippen LogP contribution in [-0.2, 0) is 0 Å². The van der Waals surface area contributed by atoms with E-state index in [1.165, 1.54) is 35.2 Å². The number of imidazole rings is 1. The van der Waals surface area contributed by atoms with Crippen LogP contribution in [-0.4, -0.2) is 15.5 Å². The first-order chi connectivity index (χ1) is 9.56. The molecule has 3 rings (SSSR count). The number of fused-ring (bicyclic) bond motifs is 1. The van der Waals surface area contributed by atoms with Crippen LogP contribution in [0.4, 0.5) is 8.78 Å². The Bertz CT molecular complexity index is 827. The lowest BCUT2D eigenvalue weighted by molar-refractivity contribution is -0.255. The van der Waals surface area contributed by atoms with E-state index in [0.29, 0.717) is 16.7 Å². The van der Waals surface area contributed by atoms with Crippen LogP contribution >= 0.6 is 0 Å². The number of carboxylic acid groups (broad SMARTS) is 1. The molecule has 0 bridgehead atoms. The molecule has 0 aliphatic rings. The Morgan fingerprint density at radius 2 is 1.90 bits per heavy atom. The molecule has 4 nitrogen and oxygen atoms in total. The van der Waals surface area contributed by atoms with E-state index >= 15 is 0 Å². The highest BCUT2D eigenvalue weighted by Gasteiger charge is 2.08. The summed E-state index contributed by atoms with van der Waals surface area (Å²) in [5.41, 5.74) is 1.41. The third kappa shape index (κ3) is 1.91. The minimum absolute atomic E-state index is 0.00744. The molecule has 1 aromatic heterocycles. The summed E-state index contributed by atoms with van der Waals surface area (Å²) < 4.78 is 27.7. The second kappa shape index (κ2) is 4.41. The van der Waals surface area contributed by atoms with Gasteiger partial charge in [0.2, 0.25) is 0 Å². The molecule has 3 aromatic rings. The highest BCUT2D eigenvalue weighted by molar-refractivity contribution is 5.91. The number of hydrogen-bond acceptors (Lipinski definition) is 3. The number of carbonyl (C=O) groups is 1. The minimum Gasteiger partial charge on any atom is -0.545 e. The fourth-order valence-electron chi connectivity index (χ4n) is 1.98. The number of carboxylic acids is 1. The van der Waals surface area contributed by atoms with Gasteiger partial charge in [0.05, 0.1) is 22.7 Å². The maximum Gasteiger partial charge on any atom is 0.160 e. The van der Waals surface area contributed by atoms with Gasteiger partial charge in [-0.05, 0) is 29.8 Å². The summed E-state index contributed by atoms with van der Waals surface area (Å²) in [6.45, 7) is 0. The van der Waals surface area contributed by atoms with E-state index in [1.54, 1.807) is 0 Å². The van der Waals surface area contributed by atoms with Gasteiger partial charge in [-0.3, -0.25) is 4.57 Å². The van der Waals surface area contributed by atoms with E-state index in [2.05, 4.69) is 4.98 Å². The van der Waals surface area contributed by atoms with Crippen molar-refractivity contribution in [2.75, 3.05) is 0 Å². The highest BCUT2D eigenvalue weighted by atomic mass is 19.2. The summed E-state index contributed by atoms with van der Waals surface area (Å²) in [7, 11) is 0. The first kappa shape index (κ1) is 12.3. The Morgan fingerprint density at radius 1 is 1.10 bits per heavy atom. The predicted molar refractivity (Wildman–Crippen MR) is 65.3 cm³/mol. The minimum atomic E-state index is -1.30. The van der Waals surface area contributed by atoms with Crippen LogP contribution in [0.3, 0.4) is 0 Å². The van der Waals surface area contributed by atoms with Gasteiger partial charge in [0.15, 0.2) is 11.6 Å². The molecule has 0 unspecified atom stereocenters. The lowest BCUT2D eigenvalue weighted by Crippen LogP contribution is -2.21. The highest BCUT2D eigenvalue weighted by Crippen LogP contribution is 2.20. The first-order valence-corrected chi connectivity index (χ1v) is 5.70. The Balaban J connectivity index is 2.17. The van der Waals surface area contributed by atoms with E-state index in [9.17, 15) is 18.7 Å². The smallest absolute Gasteiger partial charge is 0.160 e. The zero-order valence-electron chi connectivity index (χ0n) is 10.0. The van der Waals surface area contributed by atoms with Crippen molar-refractivity contribution in [2.24, 2.45) is 0 Å². The largest absolute Gasteiger partial charge is 0.545 e. The molecule has 0 spiro atoms. The summed E-state index contributed by atoms with van der Waals surface area (Å²) in [5, 5.41) is 10.8. The van der Waals surface area contributed by atoms with Crippen molar-refractivity contribution in [2.45, 2.75) is 0 Å². The van der Waals surface area contributed by atoms with Crippen molar-refractivity contribution in [1.29, 1.82) is 0 Å². The number of benzene rings is 2. The lowest BCUT2D eigenvalue weighted by Gasteiger charge is -2.06. The van der Waals surface area contributed by atoms with Gasteiger partial charge in [-0.2, -0.15) is 0 Å². The molecule has 0 N–H and O–H groups in total. The molecule has 0 saturated heterocycles. The third-order valence-corrected chi connectivity index (χ3v) is 2.96. The van der Waals surface area contributed by atoms with Crippen LogP contribution in [0.25, 0.3) is 16.7 Å². The van der Waals surface area contributed by atoms with E-state index in [4.69, 9.17) is 0 Å². The standard InChI is InChI=1S/C14H8F2N2O2/c15-10-3-2-9(6-11(10)16)18-7-17-12-5-8(14(19)20)1-4-13(12)18/h1-7H,(H,19,20)/p-1. The molecular weight excluding hydrogens is 266 g/mol. The summed E-state index contributed by atoms with van der Waals surface area (Å²) in [6, 6.07) is 7.74. The van der Waals surface area contributed by atoms with Crippen molar-refractivity contribution in [3.05, 3.63) is 59.9 Å². The average Bonchev–Trinajstić information content (AvgIpc) is 2.84. The molecule has 0 aliphatic heterocycles. The second-order valence-electron chi connectivity index (χ2n) is 4.20. The number of hydrogen-bond donors (Lipinski definition) is 0. The molecule has 100 valence electrons. The van der Waals surface area contributed by atoms with E-state index in [1.807, 2.05) is 0 Å². The fourth-order valence-corrected chi connectivity index (χ4v) is 1.98. The molecule has 1 heterocycles. The Labute approximate surface area is 111 Å². The van der Waals surface area contributed by atoms with Gasteiger partial charge in [0.1, 0.15) is 6.33 Å². The van der Waals surface area contributed by atoms with Crippen LogP contribution < -0.4 is 5.11 Å². The van der Waals surface area contributed by atoms with Crippen LogP contribution in [0.5, 0.6) is 0 Å². The Kier molecular flexibility index (Phi) is 2.71.